The highest BCUT2D eigenvalue weighted by atomic mass is 35.5. The van der Waals surface area contributed by atoms with Gasteiger partial charge in [0.2, 0.25) is 0 Å². The molecule has 0 aliphatic carbocycles. The van der Waals surface area contributed by atoms with Crippen LogP contribution in [0.5, 0.6) is 5.75 Å². The molecule has 0 aliphatic rings. The summed E-state index contributed by atoms with van der Waals surface area (Å²) in [6, 6.07) is 22.4. The van der Waals surface area contributed by atoms with E-state index in [0.717, 1.165) is 16.9 Å². The smallest absolute Gasteiger partial charge is 0.338 e. The van der Waals surface area contributed by atoms with Crippen LogP contribution in [0.25, 0.3) is 0 Å². The molecule has 0 saturated heterocycles. The lowest BCUT2D eigenvalue weighted by Crippen LogP contribution is -2.05. The van der Waals surface area contributed by atoms with E-state index in [1.807, 2.05) is 24.3 Å². The van der Waals surface area contributed by atoms with Crippen molar-refractivity contribution >= 4 is 17.6 Å². The summed E-state index contributed by atoms with van der Waals surface area (Å²) in [6.07, 6.45) is 0. The van der Waals surface area contributed by atoms with Crippen LogP contribution in [-0.4, -0.2) is 5.97 Å². The van der Waals surface area contributed by atoms with Gasteiger partial charge in [0.1, 0.15) is 19.0 Å². The van der Waals surface area contributed by atoms with E-state index in [-0.39, 0.29) is 12.6 Å². The first-order valence-electron chi connectivity index (χ1n) is 8.30. The maximum Gasteiger partial charge on any atom is 0.338 e. The molecule has 0 aliphatic heterocycles. The van der Waals surface area contributed by atoms with E-state index in [4.69, 9.17) is 21.1 Å². The number of rotatable bonds is 6. The van der Waals surface area contributed by atoms with E-state index < -0.39 is 0 Å². The van der Waals surface area contributed by atoms with Crippen LogP contribution >= 0.6 is 11.6 Å². The number of ether oxygens (including phenoxy) is 2. The molecule has 132 valence electrons. The van der Waals surface area contributed by atoms with Gasteiger partial charge < -0.3 is 9.47 Å². The summed E-state index contributed by atoms with van der Waals surface area (Å²) in [6.45, 7) is 2.79. The lowest BCUT2D eigenvalue weighted by Gasteiger charge is -2.08. The first-order chi connectivity index (χ1) is 12.6. The lowest BCUT2D eigenvalue weighted by atomic mass is 10.2. The Labute approximate surface area is 158 Å². The van der Waals surface area contributed by atoms with Gasteiger partial charge in [0.05, 0.1) is 5.56 Å². The highest BCUT2D eigenvalue weighted by Gasteiger charge is 2.07. The summed E-state index contributed by atoms with van der Waals surface area (Å²) in [5.41, 5.74) is 3.73. The van der Waals surface area contributed by atoms with Crippen LogP contribution in [0, 0.1) is 6.92 Å². The van der Waals surface area contributed by atoms with Crippen molar-refractivity contribution in [1.29, 1.82) is 0 Å². The maximum absolute atomic E-state index is 12.0. The molecule has 0 N–H and O–H groups in total. The Morgan fingerprint density at radius 1 is 0.808 bits per heavy atom. The van der Waals surface area contributed by atoms with Crippen LogP contribution in [0.15, 0.2) is 72.8 Å². The fourth-order valence-corrected chi connectivity index (χ4v) is 2.48. The number of benzene rings is 3. The SMILES string of the molecule is Cc1ccc(COc2ccc(COC(=O)c3ccc(Cl)cc3)cc2)cc1. The number of halogens is 1. The van der Waals surface area contributed by atoms with Crippen LogP contribution in [0.3, 0.4) is 0 Å². The Bertz CT molecular complexity index is 853. The molecule has 3 nitrogen and oxygen atoms in total. The monoisotopic (exact) mass is 366 g/mol. The number of hydrogen-bond acceptors (Lipinski definition) is 3. The van der Waals surface area contributed by atoms with E-state index in [2.05, 4.69) is 31.2 Å². The molecule has 0 radical (unpaired) electrons. The van der Waals surface area contributed by atoms with Gasteiger partial charge in [-0.2, -0.15) is 0 Å². The molecular formula is C22H19ClO3. The molecule has 3 aromatic rings. The topological polar surface area (TPSA) is 35.5 Å². The van der Waals surface area contributed by atoms with Gasteiger partial charge in [-0.25, -0.2) is 4.79 Å². The molecule has 0 atom stereocenters. The number of aryl methyl sites for hydroxylation is 1. The average Bonchev–Trinajstić information content (AvgIpc) is 2.67. The summed E-state index contributed by atoms with van der Waals surface area (Å²) in [4.78, 5) is 12.0. The molecule has 0 aromatic heterocycles. The Kier molecular flexibility index (Phi) is 5.92. The van der Waals surface area contributed by atoms with Gasteiger partial charge in [0.25, 0.3) is 0 Å². The van der Waals surface area contributed by atoms with E-state index in [1.165, 1.54) is 5.56 Å². The molecule has 0 saturated carbocycles. The van der Waals surface area contributed by atoms with Gasteiger partial charge in [-0.3, -0.25) is 0 Å². The minimum absolute atomic E-state index is 0.208. The molecule has 3 rings (SSSR count). The predicted molar refractivity (Wildman–Crippen MR) is 103 cm³/mol. The molecule has 26 heavy (non-hydrogen) atoms. The molecule has 4 heteroatoms. The summed E-state index contributed by atoms with van der Waals surface area (Å²) < 4.78 is 11.1. The molecule has 0 bridgehead atoms. The summed E-state index contributed by atoms with van der Waals surface area (Å²) in [7, 11) is 0. The average molecular weight is 367 g/mol. The van der Waals surface area contributed by atoms with E-state index >= 15 is 0 Å². The Morgan fingerprint density at radius 2 is 1.38 bits per heavy atom. The number of carbonyl (C=O) groups is 1. The standard InChI is InChI=1S/C22H19ClO3/c1-16-2-4-17(5-3-16)14-25-21-12-6-18(7-13-21)15-26-22(24)19-8-10-20(23)11-9-19/h2-13H,14-15H2,1H3. The van der Waals surface area contributed by atoms with E-state index in [0.29, 0.717) is 17.2 Å². The normalized spacial score (nSPS) is 10.4. The van der Waals surface area contributed by atoms with Crippen molar-refractivity contribution in [3.63, 3.8) is 0 Å². The van der Waals surface area contributed by atoms with Crippen LogP contribution in [0.1, 0.15) is 27.0 Å². The van der Waals surface area contributed by atoms with Crippen LogP contribution in [-0.2, 0) is 18.0 Å². The Morgan fingerprint density at radius 3 is 2.04 bits per heavy atom. The molecule has 0 amide bonds. The van der Waals surface area contributed by atoms with Gasteiger partial charge in [-0.05, 0) is 54.4 Å². The molecular weight excluding hydrogens is 348 g/mol. The van der Waals surface area contributed by atoms with Crippen molar-refractivity contribution in [3.8, 4) is 5.75 Å². The van der Waals surface area contributed by atoms with Gasteiger partial charge in [0.15, 0.2) is 0 Å². The molecule has 0 fully saturated rings. The van der Waals surface area contributed by atoms with Crippen molar-refractivity contribution in [1.82, 2.24) is 0 Å². The number of hydrogen-bond donors (Lipinski definition) is 0. The van der Waals surface area contributed by atoms with Crippen molar-refractivity contribution in [2.24, 2.45) is 0 Å². The van der Waals surface area contributed by atoms with E-state index in [1.54, 1.807) is 24.3 Å². The molecule has 0 unspecified atom stereocenters. The Hall–Kier alpha value is -2.78. The van der Waals surface area contributed by atoms with Crippen LogP contribution < -0.4 is 4.74 Å². The van der Waals surface area contributed by atoms with Gasteiger partial charge in [-0.15, -0.1) is 0 Å². The third-order valence-corrected chi connectivity index (χ3v) is 4.15. The second kappa shape index (κ2) is 8.54. The molecule has 0 spiro atoms. The summed E-state index contributed by atoms with van der Waals surface area (Å²) >= 11 is 5.81. The first-order valence-corrected chi connectivity index (χ1v) is 8.68. The second-order valence-electron chi connectivity index (χ2n) is 6.00. The number of carbonyl (C=O) groups excluding carboxylic acids is 1. The predicted octanol–water partition coefficient (Wildman–Crippen LogP) is 5.58. The van der Waals surface area contributed by atoms with Gasteiger partial charge in [-0.1, -0.05) is 53.6 Å². The van der Waals surface area contributed by atoms with Crippen molar-refractivity contribution in [2.75, 3.05) is 0 Å². The van der Waals surface area contributed by atoms with Crippen molar-refractivity contribution in [3.05, 3.63) is 100 Å². The highest BCUT2D eigenvalue weighted by molar-refractivity contribution is 6.30. The van der Waals surface area contributed by atoms with Crippen LogP contribution in [0.4, 0.5) is 0 Å². The lowest BCUT2D eigenvalue weighted by molar-refractivity contribution is 0.0472. The third kappa shape index (κ3) is 5.11. The second-order valence-corrected chi connectivity index (χ2v) is 6.44. The highest BCUT2D eigenvalue weighted by Crippen LogP contribution is 2.16. The quantitative estimate of drug-likeness (QED) is 0.534. The maximum atomic E-state index is 12.0. The fourth-order valence-electron chi connectivity index (χ4n) is 2.35. The van der Waals surface area contributed by atoms with Gasteiger partial charge >= 0.3 is 5.97 Å². The summed E-state index contributed by atoms with van der Waals surface area (Å²) in [5, 5.41) is 0.586. The van der Waals surface area contributed by atoms with E-state index in [9.17, 15) is 4.79 Å². The fraction of sp³-hybridized carbons (Fsp3) is 0.136. The zero-order valence-corrected chi connectivity index (χ0v) is 15.2. The van der Waals surface area contributed by atoms with Crippen LogP contribution in [0.2, 0.25) is 5.02 Å². The minimum atomic E-state index is -0.374. The van der Waals surface area contributed by atoms with Crippen molar-refractivity contribution < 1.29 is 14.3 Å². The summed E-state index contributed by atoms with van der Waals surface area (Å²) in [5.74, 6) is 0.403. The zero-order valence-electron chi connectivity index (χ0n) is 14.4. The molecule has 0 heterocycles. The largest absolute Gasteiger partial charge is 0.489 e. The molecule has 3 aromatic carbocycles. The minimum Gasteiger partial charge on any atom is -0.489 e. The first kappa shape index (κ1) is 18.0. The van der Waals surface area contributed by atoms with Gasteiger partial charge in [0, 0.05) is 5.02 Å². The third-order valence-electron chi connectivity index (χ3n) is 3.90. The zero-order chi connectivity index (χ0) is 18.4. The van der Waals surface area contributed by atoms with Crippen molar-refractivity contribution in [2.45, 2.75) is 20.1 Å². The Balaban J connectivity index is 1.50. The number of esters is 1.